The normalized spacial score (nSPS) is 15.1. The van der Waals surface area contributed by atoms with E-state index in [0.29, 0.717) is 38.0 Å². The number of rotatable bonds is 5. The van der Waals surface area contributed by atoms with Crippen LogP contribution in [-0.2, 0) is 12.7 Å². The molecule has 1 saturated heterocycles. The van der Waals surface area contributed by atoms with Crippen LogP contribution in [0.15, 0.2) is 49.1 Å². The van der Waals surface area contributed by atoms with Crippen LogP contribution in [0, 0.1) is 6.92 Å². The molecule has 2 aromatic heterocycles. The third kappa shape index (κ3) is 5.24. The van der Waals surface area contributed by atoms with Crippen LogP contribution in [0.2, 0.25) is 0 Å². The molecule has 0 atom stereocenters. The van der Waals surface area contributed by atoms with E-state index in [2.05, 4.69) is 20.3 Å². The van der Waals surface area contributed by atoms with Crippen molar-refractivity contribution in [1.82, 2.24) is 24.8 Å². The summed E-state index contributed by atoms with van der Waals surface area (Å²) in [5.41, 5.74) is 0.696. The Balaban J connectivity index is 1.32. The molecule has 1 N–H and O–H groups in total. The molecule has 1 aliphatic heterocycles. The predicted octanol–water partition coefficient (Wildman–Crippen LogP) is 3.45. The Kier molecular flexibility index (Phi) is 6.11. The van der Waals surface area contributed by atoms with Gasteiger partial charge in [-0.25, -0.2) is 15.0 Å². The maximum atomic E-state index is 13.0. The summed E-state index contributed by atoms with van der Waals surface area (Å²) in [5, 5.41) is 3.03. The van der Waals surface area contributed by atoms with Gasteiger partial charge < -0.3 is 14.8 Å². The molecular weight excluding hydrogens is 421 g/mol. The zero-order chi connectivity index (χ0) is 22.7. The Morgan fingerprint density at radius 1 is 1.16 bits per heavy atom. The number of halogens is 3. The minimum atomic E-state index is -4.51. The fourth-order valence-corrected chi connectivity index (χ4v) is 3.73. The number of imidazole rings is 1. The standard InChI is InChI=1S/C22H23F3N6O/c1-15-27-19(22(23,24)25)12-20(28-15)31-9-6-18(7-10-31)29-21(32)17-4-2-16(3-5-17)13-30-11-8-26-14-30/h2-5,8,11-12,14,18H,6-7,9-10,13H2,1H3,(H,29,32). The molecular formula is C22H23F3N6O. The lowest BCUT2D eigenvalue weighted by Gasteiger charge is -2.33. The monoisotopic (exact) mass is 444 g/mol. The molecule has 0 radical (unpaired) electrons. The van der Waals surface area contributed by atoms with Crippen LogP contribution < -0.4 is 10.2 Å². The summed E-state index contributed by atoms with van der Waals surface area (Å²) in [6.45, 7) is 3.14. The van der Waals surface area contributed by atoms with Gasteiger partial charge in [-0.15, -0.1) is 0 Å². The number of hydrogen-bond acceptors (Lipinski definition) is 5. The molecule has 3 heterocycles. The quantitative estimate of drug-likeness (QED) is 0.653. The summed E-state index contributed by atoms with van der Waals surface area (Å²) in [5.74, 6) is 0.194. The third-order valence-corrected chi connectivity index (χ3v) is 5.41. The van der Waals surface area contributed by atoms with Crippen molar-refractivity contribution < 1.29 is 18.0 Å². The van der Waals surface area contributed by atoms with Crippen LogP contribution in [0.4, 0.5) is 19.0 Å². The van der Waals surface area contributed by atoms with Crippen molar-refractivity contribution in [2.24, 2.45) is 0 Å². The van der Waals surface area contributed by atoms with Gasteiger partial charge in [-0.2, -0.15) is 13.2 Å². The van der Waals surface area contributed by atoms with Gasteiger partial charge in [-0.1, -0.05) is 12.1 Å². The molecule has 3 aromatic rings. The average molecular weight is 444 g/mol. The van der Waals surface area contributed by atoms with E-state index >= 15 is 0 Å². The first-order chi connectivity index (χ1) is 15.3. The first kappa shape index (κ1) is 21.8. The minimum Gasteiger partial charge on any atom is -0.356 e. The second kappa shape index (κ2) is 8.97. The summed E-state index contributed by atoms with van der Waals surface area (Å²) in [4.78, 5) is 26.1. The van der Waals surface area contributed by atoms with Gasteiger partial charge in [0.15, 0.2) is 0 Å². The van der Waals surface area contributed by atoms with E-state index < -0.39 is 11.9 Å². The van der Waals surface area contributed by atoms with Crippen molar-refractivity contribution in [2.75, 3.05) is 18.0 Å². The number of hydrogen-bond donors (Lipinski definition) is 1. The van der Waals surface area contributed by atoms with Gasteiger partial charge in [-0.05, 0) is 37.5 Å². The summed E-state index contributed by atoms with van der Waals surface area (Å²) in [6, 6.07) is 8.34. The van der Waals surface area contributed by atoms with Crippen LogP contribution in [0.3, 0.4) is 0 Å². The lowest BCUT2D eigenvalue weighted by molar-refractivity contribution is -0.141. The second-order valence-electron chi connectivity index (χ2n) is 7.82. The molecule has 32 heavy (non-hydrogen) atoms. The van der Waals surface area contributed by atoms with Gasteiger partial charge in [0, 0.05) is 49.7 Å². The lowest BCUT2D eigenvalue weighted by atomic mass is 10.0. The largest absolute Gasteiger partial charge is 0.433 e. The van der Waals surface area contributed by atoms with E-state index in [1.54, 1.807) is 29.6 Å². The fraction of sp³-hybridized carbons (Fsp3) is 0.364. The number of nitrogens with zero attached hydrogens (tertiary/aromatic N) is 5. The number of aryl methyl sites for hydroxylation is 1. The van der Waals surface area contributed by atoms with E-state index in [0.717, 1.165) is 11.6 Å². The molecule has 1 amide bonds. The predicted molar refractivity (Wildman–Crippen MR) is 112 cm³/mol. The highest BCUT2D eigenvalue weighted by molar-refractivity contribution is 5.94. The van der Waals surface area contributed by atoms with E-state index in [9.17, 15) is 18.0 Å². The third-order valence-electron chi connectivity index (χ3n) is 5.41. The molecule has 0 saturated carbocycles. The van der Waals surface area contributed by atoms with Crippen LogP contribution in [-0.4, -0.2) is 44.6 Å². The van der Waals surface area contributed by atoms with Crippen molar-refractivity contribution in [3.8, 4) is 0 Å². The Morgan fingerprint density at radius 2 is 1.88 bits per heavy atom. The van der Waals surface area contributed by atoms with Gasteiger partial charge in [0.2, 0.25) is 0 Å². The van der Waals surface area contributed by atoms with Gasteiger partial charge in [-0.3, -0.25) is 4.79 Å². The SMILES string of the molecule is Cc1nc(N2CCC(NC(=O)c3ccc(Cn4ccnc4)cc3)CC2)cc(C(F)(F)F)n1. The highest BCUT2D eigenvalue weighted by Gasteiger charge is 2.34. The molecule has 4 rings (SSSR count). The summed E-state index contributed by atoms with van der Waals surface area (Å²) in [7, 11) is 0. The van der Waals surface area contributed by atoms with E-state index in [1.807, 2.05) is 22.9 Å². The molecule has 0 unspecified atom stereocenters. The van der Waals surface area contributed by atoms with Crippen LogP contribution in [0.25, 0.3) is 0 Å². The topological polar surface area (TPSA) is 75.9 Å². The number of aromatic nitrogens is 4. The Morgan fingerprint density at radius 3 is 2.50 bits per heavy atom. The van der Waals surface area contributed by atoms with Crippen molar-refractivity contribution in [3.63, 3.8) is 0 Å². The first-order valence-electron chi connectivity index (χ1n) is 10.3. The molecule has 1 fully saturated rings. The number of carbonyl (C=O) groups excluding carboxylic acids is 1. The molecule has 0 bridgehead atoms. The van der Waals surface area contributed by atoms with Crippen molar-refractivity contribution in [2.45, 2.75) is 38.5 Å². The molecule has 0 aliphatic carbocycles. The van der Waals surface area contributed by atoms with Crippen LogP contribution in [0.1, 0.15) is 40.3 Å². The second-order valence-corrected chi connectivity index (χ2v) is 7.82. The summed E-state index contributed by atoms with van der Waals surface area (Å²) in [6.07, 6.45) is 2.06. The van der Waals surface area contributed by atoms with E-state index in [-0.39, 0.29) is 23.6 Å². The number of anilines is 1. The van der Waals surface area contributed by atoms with Gasteiger partial charge in [0.25, 0.3) is 5.91 Å². The van der Waals surface area contributed by atoms with Gasteiger partial charge in [0.05, 0.1) is 6.33 Å². The molecule has 168 valence electrons. The smallest absolute Gasteiger partial charge is 0.356 e. The molecule has 10 heteroatoms. The van der Waals surface area contributed by atoms with Crippen LogP contribution in [0.5, 0.6) is 0 Å². The minimum absolute atomic E-state index is 0.0469. The van der Waals surface area contributed by atoms with Gasteiger partial charge in [0.1, 0.15) is 17.3 Å². The number of nitrogens with one attached hydrogen (secondary N) is 1. The van der Waals surface area contributed by atoms with Crippen molar-refractivity contribution >= 4 is 11.7 Å². The molecule has 1 aliphatic rings. The van der Waals surface area contributed by atoms with E-state index in [1.165, 1.54) is 6.92 Å². The number of benzene rings is 1. The zero-order valence-electron chi connectivity index (χ0n) is 17.5. The van der Waals surface area contributed by atoms with Crippen LogP contribution >= 0.6 is 0 Å². The average Bonchev–Trinajstić information content (AvgIpc) is 3.27. The molecule has 7 nitrogen and oxygen atoms in total. The Bertz CT molecular complexity index is 1060. The highest BCUT2D eigenvalue weighted by Crippen LogP contribution is 2.30. The number of amides is 1. The highest BCUT2D eigenvalue weighted by atomic mass is 19.4. The Hall–Kier alpha value is -3.43. The Labute approximate surface area is 183 Å². The first-order valence-corrected chi connectivity index (χ1v) is 10.3. The maximum Gasteiger partial charge on any atom is 0.433 e. The van der Waals surface area contributed by atoms with Crippen molar-refractivity contribution in [3.05, 3.63) is 71.7 Å². The van der Waals surface area contributed by atoms with Crippen molar-refractivity contribution in [1.29, 1.82) is 0 Å². The summed E-state index contributed by atoms with van der Waals surface area (Å²) >= 11 is 0. The molecule has 1 aromatic carbocycles. The summed E-state index contributed by atoms with van der Waals surface area (Å²) < 4.78 is 41.1. The number of piperidine rings is 1. The maximum absolute atomic E-state index is 13.0. The lowest BCUT2D eigenvalue weighted by Crippen LogP contribution is -2.45. The zero-order valence-corrected chi connectivity index (χ0v) is 17.5. The number of alkyl halides is 3. The number of carbonyl (C=O) groups is 1. The van der Waals surface area contributed by atoms with E-state index in [4.69, 9.17) is 0 Å². The molecule has 0 spiro atoms. The van der Waals surface area contributed by atoms with Gasteiger partial charge >= 0.3 is 6.18 Å². The fourth-order valence-electron chi connectivity index (χ4n) is 3.73.